The molecule has 1 fully saturated rings. The van der Waals surface area contributed by atoms with Crippen molar-refractivity contribution in [2.24, 2.45) is 0 Å². The van der Waals surface area contributed by atoms with Crippen LogP contribution in [0, 0.1) is 6.92 Å². The molecule has 2 rings (SSSR count). The number of benzene rings is 1. The van der Waals surface area contributed by atoms with Crippen molar-refractivity contribution in [3.63, 3.8) is 0 Å². The van der Waals surface area contributed by atoms with E-state index in [2.05, 4.69) is 5.32 Å². The minimum Gasteiger partial charge on any atom is -0.508 e. The maximum Gasteiger partial charge on any atom is 0.253 e. The Morgan fingerprint density at radius 1 is 1.58 bits per heavy atom. The van der Waals surface area contributed by atoms with E-state index in [0.29, 0.717) is 24.3 Å². The molecule has 5 nitrogen and oxygen atoms in total. The number of likely N-dealkylation sites (N-methyl/N-ethyl adjacent to an activating group) is 1. The molecule has 0 aliphatic carbocycles. The summed E-state index contributed by atoms with van der Waals surface area (Å²) >= 11 is 0. The van der Waals surface area contributed by atoms with Gasteiger partial charge in [0.15, 0.2) is 0 Å². The van der Waals surface area contributed by atoms with Crippen molar-refractivity contribution in [3.05, 3.63) is 29.3 Å². The van der Waals surface area contributed by atoms with Crippen molar-refractivity contribution in [2.45, 2.75) is 13.0 Å². The van der Waals surface area contributed by atoms with Gasteiger partial charge in [0.25, 0.3) is 5.91 Å². The highest BCUT2D eigenvalue weighted by molar-refractivity contribution is 5.94. The molecule has 2 N–H and O–H groups in total. The van der Waals surface area contributed by atoms with E-state index in [1.54, 1.807) is 37.1 Å². The molecule has 0 aromatic heterocycles. The minimum absolute atomic E-state index is 0.0425. The summed E-state index contributed by atoms with van der Waals surface area (Å²) in [5, 5.41) is 12.7. The van der Waals surface area contributed by atoms with Gasteiger partial charge in [-0.2, -0.15) is 0 Å². The third-order valence-electron chi connectivity index (χ3n) is 3.27. The lowest BCUT2D eigenvalue weighted by molar-refractivity contribution is 0.0104. The Hall–Kier alpha value is -1.59. The predicted molar refractivity (Wildman–Crippen MR) is 72.4 cm³/mol. The fourth-order valence-corrected chi connectivity index (χ4v) is 2.13. The molecule has 1 aromatic carbocycles. The van der Waals surface area contributed by atoms with E-state index in [4.69, 9.17) is 4.74 Å². The number of phenols is 1. The second kappa shape index (κ2) is 6.04. The van der Waals surface area contributed by atoms with E-state index in [-0.39, 0.29) is 17.8 Å². The van der Waals surface area contributed by atoms with Gasteiger partial charge in [0, 0.05) is 32.2 Å². The summed E-state index contributed by atoms with van der Waals surface area (Å²) in [4.78, 5) is 13.9. The first-order valence-electron chi connectivity index (χ1n) is 6.45. The van der Waals surface area contributed by atoms with Gasteiger partial charge in [-0.15, -0.1) is 0 Å². The van der Waals surface area contributed by atoms with Gasteiger partial charge < -0.3 is 20.1 Å². The fourth-order valence-electron chi connectivity index (χ4n) is 2.13. The van der Waals surface area contributed by atoms with Crippen LogP contribution >= 0.6 is 0 Å². The molecule has 1 aliphatic heterocycles. The largest absolute Gasteiger partial charge is 0.508 e. The highest BCUT2D eigenvalue weighted by Crippen LogP contribution is 2.18. The number of morpholine rings is 1. The van der Waals surface area contributed by atoms with Crippen LogP contribution in [0.15, 0.2) is 18.2 Å². The van der Waals surface area contributed by atoms with E-state index < -0.39 is 0 Å². The van der Waals surface area contributed by atoms with Gasteiger partial charge in [-0.3, -0.25) is 4.79 Å². The third-order valence-corrected chi connectivity index (χ3v) is 3.27. The van der Waals surface area contributed by atoms with Crippen LogP contribution in [0.2, 0.25) is 0 Å². The van der Waals surface area contributed by atoms with Gasteiger partial charge >= 0.3 is 0 Å². The smallest absolute Gasteiger partial charge is 0.253 e. The SMILES string of the molecule is Cc1cc(C(=O)N(C)CC2CNCCO2)ccc1O. The van der Waals surface area contributed by atoms with E-state index in [1.807, 2.05) is 0 Å². The van der Waals surface area contributed by atoms with Crippen molar-refractivity contribution < 1.29 is 14.6 Å². The molecule has 19 heavy (non-hydrogen) atoms. The van der Waals surface area contributed by atoms with E-state index in [1.165, 1.54) is 0 Å². The van der Waals surface area contributed by atoms with Crippen LogP contribution in [0.4, 0.5) is 0 Å². The maximum atomic E-state index is 12.3. The summed E-state index contributed by atoms with van der Waals surface area (Å²) in [6, 6.07) is 4.89. The molecule has 1 atom stereocenters. The van der Waals surface area contributed by atoms with Crippen molar-refractivity contribution >= 4 is 5.91 Å². The van der Waals surface area contributed by atoms with Crippen LogP contribution in [0.3, 0.4) is 0 Å². The van der Waals surface area contributed by atoms with Crippen LogP contribution < -0.4 is 5.32 Å². The monoisotopic (exact) mass is 264 g/mol. The second-order valence-electron chi connectivity index (χ2n) is 4.88. The van der Waals surface area contributed by atoms with Crippen LogP contribution in [-0.2, 0) is 4.74 Å². The number of carbonyl (C=O) groups is 1. The molecule has 1 unspecified atom stereocenters. The standard InChI is InChI=1S/C14H20N2O3/c1-10-7-11(3-4-13(10)17)14(18)16(2)9-12-8-15-5-6-19-12/h3-4,7,12,15,17H,5-6,8-9H2,1-2H3. The number of hydrogen-bond donors (Lipinski definition) is 2. The normalized spacial score (nSPS) is 19.2. The highest BCUT2D eigenvalue weighted by Gasteiger charge is 2.19. The van der Waals surface area contributed by atoms with Gasteiger partial charge in [0.1, 0.15) is 5.75 Å². The van der Waals surface area contributed by atoms with Crippen LogP contribution in [0.5, 0.6) is 5.75 Å². The van der Waals surface area contributed by atoms with E-state index >= 15 is 0 Å². The fraction of sp³-hybridized carbons (Fsp3) is 0.500. The summed E-state index contributed by atoms with van der Waals surface area (Å²) in [5.74, 6) is 0.149. The first-order chi connectivity index (χ1) is 9.08. The van der Waals surface area contributed by atoms with Crippen LogP contribution in [0.25, 0.3) is 0 Å². The molecule has 0 bridgehead atoms. The van der Waals surface area contributed by atoms with Crippen LogP contribution in [0.1, 0.15) is 15.9 Å². The number of aryl methyl sites for hydroxylation is 1. The zero-order valence-corrected chi connectivity index (χ0v) is 11.3. The molecule has 1 amide bonds. The lowest BCUT2D eigenvalue weighted by atomic mass is 10.1. The molecule has 0 spiro atoms. The Bertz CT molecular complexity index is 456. The molecule has 1 saturated heterocycles. The highest BCUT2D eigenvalue weighted by atomic mass is 16.5. The van der Waals surface area contributed by atoms with Crippen molar-refractivity contribution in [3.8, 4) is 5.75 Å². The molecule has 104 valence electrons. The number of hydrogen-bond acceptors (Lipinski definition) is 4. The van der Waals surface area contributed by atoms with Crippen LogP contribution in [-0.4, -0.2) is 55.3 Å². The lowest BCUT2D eigenvalue weighted by Gasteiger charge is -2.28. The summed E-state index contributed by atoms with van der Waals surface area (Å²) in [6.07, 6.45) is 0.0425. The number of phenolic OH excluding ortho intramolecular Hbond substituents is 1. The Balaban J connectivity index is 1.99. The van der Waals surface area contributed by atoms with Gasteiger partial charge in [0.05, 0.1) is 12.7 Å². The zero-order chi connectivity index (χ0) is 13.8. The Labute approximate surface area is 113 Å². The number of amides is 1. The Morgan fingerprint density at radius 2 is 2.37 bits per heavy atom. The molecule has 1 aromatic rings. The average molecular weight is 264 g/mol. The topological polar surface area (TPSA) is 61.8 Å². The minimum atomic E-state index is -0.0581. The third kappa shape index (κ3) is 3.45. The van der Waals surface area contributed by atoms with Gasteiger partial charge in [-0.1, -0.05) is 0 Å². The quantitative estimate of drug-likeness (QED) is 0.846. The Morgan fingerprint density at radius 3 is 3.00 bits per heavy atom. The van der Waals surface area contributed by atoms with E-state index in [0.717, 1.165) is 13.1 Å². The number of rotatable bonds is 3. The van der Waals surface area contributed by atoms with Crippen molar-refractivity contribution in [1.82, 2.24) is 10.2 Å². The number of nitrogens with one attached hydrogen (secondary N) is 1. The molecule has 1 aliphatic rings. The van der Waals surface area contributed by atoms with E-state index in [9.17, 15) is 9.90 Å². The molecule has 1 heterocycles. The first kappa shape index (κ1) is 13.8. The molecule has 0 radical (unpaired) electrons. The molecule has 5 heteroatoms. The predicted octanol–water partition coefficient (Wildman–Crippen LogP) is 0.761. The summed E-state index contributed by atoms with van der Waals surface area (Å²) in [7, 11) is 1.77. The zero-order valence-electron chi connectivity index (χ0n) is 11.3. The second-order valence-corrected chi connectivity index (χ2v) is 4.88. The van der Waals surface area contributed by atoms with Crippen molar-refractivity contribution in [1.29, 1.82) is 0 Å². The summed E-state index contributed by atoms with van der Waals surface area (Å²) < 4.78 is 5.58. The average Bonchev–Trinajstić information content (AvgIpc) is 2.42. The van der Waals surface area contributed by atoms with Gasteiger partial charge in [0.2, 0.25) is 0 Å². The number of aromatic hydroxyl groups is 1. The molecular formula is C14H20N2O3. The lowest BCUT2D eigenvalue weighted by Crippen LogP contribution is -2.45. The molecule has 0 saturated carbocycles. The summed E-state index contributed by atoms with van der Waals surface area (Å²) in [6.45, 7) is 4.66. The summed E-state index contributed by atoms with van der Waals surface area (Å²) in [5.41, 5.74) is 1.29. The number of nitrogens with zero attached hydrogens (tertiary/aromatic N) is 1. The number of ether oxygens (including phenoxy) is 1. The Kier molecular flexibility index (Phi) is 4.39. The number of carbonyl (C=O) groups excluding carboxylic acids is 1. The first-order valence-corrected chi connectivity index (χ1v) is 6.45. The van der Waals surface area contributed by atoms with Gasteiger partial charge in [-0.05, 0) is 30.7 Å². The van der Waals surface area contributed by atoms with Gasteiger partial charge in [-0.25, -0.2) is 0 Å². The molecular weight excluding hydrogens is 244 g/mol. The maximum absolute atomic E-state index is 12.3. The van der Waals surface area contributed by atoms with Crippen molar-refractivity contribution in [2.75, 3.05) is 33.3 Å².